The normalized spacial score (nSPS) is 13.4. The number of aryl methyl sites for hydroxylation is 3. The lowest BCUT2D eigenvalue weighted by atomic mass is 9.78. The number of carbonyl (C=O) groups excluding carboxylic acids is 3. The van der Waals surface area contributed by atoms with Crippen molar-refractivity contribution in [2.24, 2.45) is 5.41 Å². The minimum absolute atomic E-state index is 0.117. The van der Waals surface area contributed by atoms with Crippen LogP contribution in [0.2, 0.25) is 0 Å². The monoisotopic (exact) mass is 1210 g/mol. The van der Waals surface area contributed by atoms with Crippen LogP contribution in [0.4, 0.5) is 0 Å². The Hall–Kier alpha value is -4.83. The van der Waals surface area contributed by atoms with E-state index in [1.54, 1.807) is 0 Å². The molecule has 1 aliphatic rings. The summed E-state index contributed by atoms with van der Waals surface area (Å²) < 4.78 is 27.6. The van der Waals surface area contributed by atoms with Gasteiger partial charge in [0.25, 0.3) is 0 Å². The summed E-state index contributed by atoms with van der Waals surface area (Å²) in [6.45, 7) is 43.9. The van der Waals surface area contributed by atoms with Crippen molar-refractivity contribution in [1.82, 2.24) is 0 Å². The van der Waals surface area contributed by atoms with Crippen LogP contribution in [0.1, 0.15) is 304 Å². The van der Waals surface area contributed by atoms with Crippen LogP contribution in [0.15, 0.2) is 42.2 Å². The second-order valence-corrected chi connectivity index (χ2v) is 30.4. The van der Waals surface area contributed by atoms with Crippen molar-refractivity contribution in [2.45, 2.75) is 313 Å². The third-order valence-corrected chi connectivity index (χ3v) is 16.1. The molecule has 0 bridgehead atoms. The molecule has 3 aromatic carbocycles. The zero-order valence-electron chi connectivity index (χ0n) is 58.7. The predicted octanol–water partition coefficient (Wildman–Crippen LogP) is 19.3. The molecule has 11 nitrogen and oxygen atoms in total. The minimum Gasteiger partial charge on any atom is -0.507 e. The molecule has 0 unspecified atom stereocenters. The summed E-state index contributed by atoms with van der Waals surface area (Å²) in [6, 6.07) is 12.0. The van der Waals surface area contributed by atoms with Crippen molar-refractivity contribution >= 4 is 17.9 Å². The summed E-state index contributed by atoms with van der Waals surface area (Å²) in [5.41, 5.74) is 7.27. The highest BCUT2D eigenvalue weighted by molar-refractivity contribution is 5.70. The fraction of sp³-hybridized carbons (Fsp3) is 0.711. The van der Waals surface area contributed by atoms with E-state index in [1.165, 1.54) is 89.9 Å². The van der Waals surface area contributed by atoms with Crippen LogP contribution in [0, 0.1) is 12.3 Å². The van der Waals surface area contributed by atoms with Gasteiger partial charge in [-0.2, -0.15) is 0 Å². The number of carbonyl (C=O) groups is 2. The second-order valence-electron chi connectivity index (χ2n) is 30.4. The molecule has 1 fully saturated rings. The van der Waals surface area contributed by atoms with E-state index in [-0.39, 0.29) is 56.5 Å². The quantitative estimate of drug-likeness (QED) is 0.0252. The standard InChI is InChI=1S/C35H62O3.C22H32O5.C19H30O3/c1-8-9-10-11-12-13-14-15-16-17-18-19-20-21-22-23-26-38-32(36)25-24-29-27-30(34(2,3)4)33(37)31(28-29)35(5,6)7;1-15-10-16(12-18(19(15)24)21(2,3)4)11-17(13-23)27-14-22(5,6)20-25-8-7-9-26-20;1-8-22-16(20)10-9-13-11-14(18(2,3)4)17(21)15(12-13)19(5,6)7/h27-28,37H,8-26H2,1-7H3;10,12,20,24H,7-9,11,14H2,1-6H3;11-12,21H,8-10H2,1-7H3. The van der Waals surface area contributed by atoms with E-state index in [1.807, 2.05) is 78.7 Å². The number of hydrogen-bond donors (Lipinski definition) is 3. The number of rotatable bonds is 30. The fourth-order valence-electron chi connectivity index (χ4n) is 10.7. The van der Waals surface area contributed by atoms with Crippen LogP contribution in [0.3, 0.4) is 0 Å². The maximum absolute atomic E-state index is 12.3. The van der Waals surface area contributed by atoms with Gasteiger partial charge < -0.3 is 39.0 Å². The predicted molar refractivity (Wildman–Crippen MR) is 359 cm³/mol. The van der Waals surface area contributed by atoms with Crippen LogP contribution in [0.5, 0.6) is 17.2 Å². The van der Waals surface area contributed by atoms with Crippen molar-refractivity contribution in [3.8, 4) is 17.2 Å². The maximum Gasteiger partial charge on any atom is 0.306 e. The SMILES string of the molecule is CCCCCCCCCCCCCCCCCCOC(=O)CCc1cc(C(C)(C)C)c(O)c(C(C)(C)C)c1.CCOC(=O)CCc1cc(C(C)(C)C)c(O)c(C(C)(C)C)c1.Cc1cc(CC(=C=O)OCC(C)(C)C2OCCCO2)cc(C(C)(C)C)c1O. The molecule has 0 amide bonds. The zero-order chi connectivity index (χ0) is 65.8. The lowest BCUT2D eigenvalue weighted by Crippen LogP contribution is -2.41. The molecule has 1 heterocycles. The van der Waals surface area contributed by atoms with E-state index in [0.717, 1.165) is 69.3 Å². The van der Waals surface area contributed by atoms with E-state index < -0.39 is 0 Å². The Morgan fingerprint density at radius 1 is 0.483 bits per heavy atom. The fourth-order valence-corrected chi connectivity index (χ4v) is 10.7. The second kappa shape index (κ2) is 37.4. The van der Waals surface area contributed by atoms with Gasteiger partial charge in [-0.25, -0.2) is 4.79 Å². The maximum atomic E-state index is 12.3. The molecular formula is C76H124O11. The number of phenolic OH excluding ortho intramolecular Hbond substituents is 3. The van der Waals surface area contributed by atoms with Crippen molar-refractivity contribution in [2.75, 3.05) is 33.0 Å². The summed E-state index contributed by atoms with van der Waals surface area (Å²) in [5, 5.41) is 31.9. The number of allylic oxidation sites excluding steroid dienone is 1. The number of aromatic hydroxyl groups is 3. The Kier molecular flexibility index (Phi) is 33.6. The van der Waals surface area contributed by atoms with Crippen molar-refractivity contribution in [3.05, 3.63) is 92.2 Å². The lowest BCUT2D eigenvalue weighted by Gasteiger charge is -2.36. The number of esters is 2. The number of benzene rings is 3. The minimum atomic E-state index is -0.385. The molecule has 1 saturated heterocycles. The summed E-state index contributed by atoms with van der Waals surface area (Å²) in [7, 11) is 0. The largest absolute Gasteiger partial charge is 0.507 e. The average molecular weight is 1210 g/mol. The Bertz CT molecular complexity index is 2490. The van der Waals surface area contributed by atoms with Crippen LogP contribution in [0.25, 0.3) is 0 Å². The van der Waals surface area contributed by atoms with Crippen LogP contribution >= 0.6 is 0 Å². The number of unbranched alkanes of at least 4 members (excludes halogenated alkanes) is 15. The highest BCUT2D eigenvalue weighted by Crippen LogP contribution is 2.42. The van der Waals surface area contributed by atoms with Crippen molar-refractivity contribution in [1.29, 1.82) is 0 Å². The zero-order valence-corrected chi connectivity index (χ0v) is 58.7. The molecule has 0 saturated carbocycles. The van der Waals surface area contributed by atoms with Crippen LogP contribution in [-0.4, -0.2) is 72.5 Å². The average Bonchev–Trinajstić information content (AvgIpc) is 1.33. The Morgan fingerprint density at radius 2 is 0.828 bits per heavy atom. The molecule has 0 spiro atoms. The molecule has 4 rings (SSSR count). The Morgan fingerprint density at radius 3 is 1.18 bits per heavy atom. The van der Waals surface area contributed by atoms with Crippen molar-refractivity contribution in [3.63, 3.8) is 0 Å². The van der Waals surface area contributed by atoms with Gasteiger partial charge in [0, 0.05) is 24.7 Å². The first-order chi connectivity index (χ1) is 40.5. The lowest BCUT2D eigenvalue weighted by molar-refractivity contribution is -0.236. The first kappa shape index (κ1) is 78.3. The van der Waals surface area contributed by atoms with Gasteiger partial charge >= 0.3 is 11.9 Å². The van der Waals surface area contributed by atoms with E-state index in [4.69, 9.17) is 23.7 Å². The molecule has 494 valence electrons. The number of phenols is 3. The number of ether oxygens (including phenoxy) is 5. The molecule has 11 heteroatoms. The molecule has 0 aromatic heterocycles. The topological polar surface area (TPSA) is 158 Å². The van der Waals surface area contributed by atoms with Crippen molar-refractivity contribution < 1.29 is 53.4 Å². The summed E-state index contributed by atoms with van der Waals surface area (Å²) >= 11 is 0. The molecule has 1 aliphatic heterocycles. The third kappa shape index (κ3) is 29.6. The van der Waals surface area contributed by atoms with Gasteiger partial charge in [-0.1, -0.05) is 257 Å². The highest BCUT2D eigenvalue weighted by Gasteiger charge is 2.35. The first-order valence-corrected chi connectivity index (χ1v) is 33.5. The van der Waals surface area contributed by atoms with Gasteiger partial charge in [0.2, 0.25) is 0 Å². The molecular weight excluding hydrogens is 1090 g/mol. The Labute approximate surface area is 529 Å². The number of hydrogen-bond acceptors (Lipinski definition) is 11. The summed E-state index contributed by atoms with van der Waals surface area (Å²) in [6.07, 6.45) is 24.4. The molecule has 0 aliphatic carbocycles. The molecule has 0 atom stereocenters. The van der Waals surface area contributed by atoms with Gasteiger partial charge in [0.05, 0.1) is 33.0 Å². The van der Waals surface area contributed by atoms with Gasteiger partial charge in [0.1, 0.15) is 17.2 Å². The van der Waals surface area contributed by atoms with E-state index in [9.17, 15) is 29.7 Å². The smallest absolute Gasteiger partial charge is 0.306 e. The van der Waals surface area contributed by atoms with E-state index >= 15 is 0 Å². The first-order valence-electron chi connectivity index (χ1n) is 33.5. The highest BCUT2D eigenvalue weighted by atomic mass is 16.7. The Balaban J connectivity index is 0.000000464. The summed E-state index contributed by atoms with van der Waals surface area (Å²) in [4.78, 5) is 35.3. The third-order valence-electron chi connectivity index (χ3n) is 16.1. The van der Waals surface area contributed by atoms with Gasteiger partial charge in [-0.15, -0.1) is 0 Å². The van der Waals surface area contributed by atoms with Gasteiger partial charge in [-0.05, 0) is 117 Å². The van der Waals surface area contributed by atoms with Crippen LogP contribution < -0.4 is 0 Å². The van der Waals surface area contributed by atoms with E-state index in [2.05, 4.69) is 102 Å². The van der Waals surface area contributed by atoms with Gasteiger partial charge in [-0.3, -0.25) is 9.59 Å². The molecule has 87 heavy (non-hydrogen) atoms. The van der Waals surface area contributed by atoms with Gasteiger partial charge in [0.15, 0.2) is 18.0 Å². The van der Waals surface area contributed by atoms with Crippen LogP contribution in [-0.2, 0) is 84.4 Å². The molecule has 0 radical (unpaired) electrons. The molecule has 3 aromatic rings. The molecule has 3 N–H and O–H groups in total. The van der Waals surface area contributed by atoms with E-state index in [0.29, 0.717) is 82.4 Å². The summed E-state index contributed by atoms with van der Waals surface area (Å²) in [5.74, 6) is 2.93.